The van der Waals surface area contributed by atoms with Gasteiger partial charge < -0.3 is 0 Å². The van der Waals surface area contributed by atoms with E-state index in [9.17, 15) is 0 Å². The number of aromatic nitrogens is 3. The van der Waals surface area contributed by atoms with Crippen LogP contribution < -0.4 is 4.74 Å². The predicted octanol–water partition coefficient (Wildman–Crippen LogP) is 8.64. The average molecular weight is 1080 g/mol. The maximum absolute atomic E-state index is 5.77. The second-order valence-electron chi connectivity index (χ2n) is 5.63. The van der Waals surface area contributed by atoms with Crippen LogP contribution in [0.4, 0.5) is 0 Å². The van der Waals surface area contributed by atoms with Crippen molar-refractivity contribution < 1.29 is 4.74 Å². The Hall–Kier alpha value is 1.27. The minimum atomic E-state index is -1.23. The van der Waals surface area contributed by atoms with Crippen molar-refractivity contribution in [1.29, 1.82) is 0 Å². The van der Waals surface area contributed by atoms with Gasteiger partial charge in [-0.25, -0.2) is 0 Å². The van der Waals surface area contributed by atoms with Crippen LogP contribution in [-0.4, -0.2) is 21.6 Å². The molecule has 0 N–H and O–H groups in total. The molecule has 0 spiro atoms. The van der Waals surface area contributed by atoms with E-state index in [1.807, 2.05) is 36.4 Å². The van der Waals surface area contributed by atoms with Gasteiger partial charge in [-0.1, -0.05) is 19.8 Å². The quantitative estimate of drug-likeness (QED) is 0.159. The second kappa shape index (κ2) is 16.0. The molecule has 160 valence electrons. The molecule has 2 aromatic rings. The molecule has 0 unspecified atom stereocenters. The Morgan fingerprint density at radius 1 is 0.867 bits per heavy atom. The van der Waals surface area contributed by atoms with Crippen LogP contribution in [-0.2, 0) is 0 Å². The monoisotopic (exact) mass is 1080 g/mol. The van der Waals surface area contributed by atoms with Crippen molar-refractivity contribution in [3.8, 4) is 25.4 Å². The van der Waals surface area contributed by atoms with E-state index in [1.54, 1.807) is 0 Å². The zero-order valence-electron chi connectivity index (χ0n) is 15.8. The van der Waals surface area contributed by atoms with E-state index in [0.717, 1.165) is 24.3 Å². The van der Waals surface area contributed by atoms with Gasteiger partial charge in [-0.15, -0.1) is 0 Å². The van der Waals surface area contributed by atoms with Crippen molar-refractivity contribution in [3.63, 3.8) is 0 Å². The molecule has 2 rings (SSSR count). The van der Waals surface area contributed by atoms with Crippen LogP contribution in [0.15, 0.2) is 24.3 Å². The molecule has 0 aliphatic carbocycles. The fourth-order valence-electron chi connectivity index (χ4n) is 2.12. The maximum atomic E-state index is 5.77. The first-order valence-corrected chi connectivity index (χ1v) is 36.0. The molecule has 0 fully saturated rings. The molecule has 1 aromatic carbocycles. The van der Waals surface area contributed by atoms with Gasteiger partial charge in [-0.2, -0.15) is 0 Å². The molecule has 30 heavy (non-hydrogen) atoms. The molecule has 0 aliphatic heterocycles. The third kappa shape index (κ3) is 11.9. The number of hydrogen-bond acceptors (Lipinski definition) is 4. The molecule has 0 atom stereocenters. The third-order valence-corrected chi connectivity index (χ3v) is 10.3. The molecule has 4 nitrogen and oxygen atoms in total. The van der Waals surface area contributed by atoms with E-state index >= 15 is 0 Å². The summed E-state index contributed by atoms with van der Waals surface area (Å²) in [7, 11) is 0. The Morgan fingerprint density at radius 2 is 1.47 bits per heavy atom. The predicted molar refractivity (Wildman–Crippen MR) is 178 cm³/mol. The van der Waals surface area contributed by atoms with E-state index in [4.69, 9.17) is 4.74 Å². The van der Waals surface area contributed by atoms with E-state index in [0.29, 0.717) is 17.5 Å². The molecule has 10 heteroatoms. The molecular weight excluding hydrogens is 1060 g/mol. The van der Waals surface area contributed by atoms with Gasteiger partial charge in [-0.3, -0.25) is 0 Å². The standard InChI is InChI=1S/C20H17I6N3O/c1-2-3-4-15-30-17-8-5-16(6-9-17)7-10-18-27-19(11-13-25(21)22)29-20(28-18)12-14-26(23)24/h5-10H,2-4,15H2,1H3/b10-7+. The summed E-state index contributed by atoms with van der Waals surface area (Å²) >= 11 is 7.15. The molecule has 1 aromatic heterocycles. The molecule has 0 bridgehead atoms. The van der Waals surface area contributed by atoms with Gasteiger partial charge in [0.1, 0.15) is 0 Å². The van der Waals surface area contributed by atoms with Gasteiger partial charge in [-0.05, 0) is 6.42 Å². The topological polar surface area (TPSA) is 47.9 Å². The SMILES string of the molecule is CCCCCOc1ccc(/C=C/c2nc(C#CI(I)I)nc(C#CI(I)I)n2)cc1. The van der Waals surface area contributed by atoms with Gasteiger partial charge in [0.2, 0.25) is 0 Å². The van der Waals surface area contributed by atoms with Crippen molar-refractivity contribution in [3.05, 3.63) is 47.3 Å². The molecular formula is C20H17I6N3O. The van der Waals surface area contributed by atoms with Crippen molar-refractivity contribution in [2.24, 2.45) is 0 Å². The Balaban J connectivity index is 2.16. The van der Waals surface area contributed by atoms with Crippen LogP contribution in [0.3, 0.4) is 0 Å². The van der Waals surface area contributed by atoms with Crippen LogP contribution >= 0.6 is 98.2 Å². The minimum absolute atomic E-state index is 0.489. The van der Waals surface area contributed by atoms with Gasteiger partial charge in [0, 0.05) is 0 Å². The second-order valence-corrected chi connectivity index (χ2v) is 51.8. The summed E-state index contributed by atoms with van der Waals surface area (Å²) in [4.78, 5) is 13.4. The van der Waals surface area contributed by atoms with Gasteiger partial charge in [0.05, 0.1) is 6.61 Å². The third-order valence-electron chi connectivity index (χ3n) is 3.44. The number of unbranched alkanes of at least 4 members (excludes halogenated alkanes) is 2. The Kier molecular flexibility index (Phi) is 14.7. The normalized spacial score (nSPS) is 11.2. The Labute approximate surface area is 231 Å². The molecule has 0 saturated heterocycles. The number of rotatable bonds is 7. The van der Waals surface area contributed by atoms with Crippen molar-refractivity contribution in [2.75, 3.05) is 6.61 Å². The number of hydrogen-bond donors (Lipinski definition) is 0. The van der Waals surface area contributed by atoms with Crippen LogP contribution in [0, 0.1) is 19.7 Å². The first kappa shape index (κ1) is 27.5. The number of benzene rings is 1. The molecule has 0 radical (unpaired) electrons. The first-order chi connectivity index (χ1) is 14.5. The fraction of sp³-hybridized carbons (Fsp3) is 0.250. The van der Waals surface area contributed by atoms with E-state index in [-0.39, 0.29) is 0 Å². The zero-order valence-corrected chi connectivity index (χ0v) is 28.8. The van der Waals surface area contributed by atoms with Crippen molar-refractivity contribution >= 4 is 110 Å². The van der Waals surface area contributed by atoms with E-state index < -0.39 is 23.7 Å². The van der Waals surface area contributed by atoms with Gasteiger partial charge in [0.25, 0.3) is 0 Å². The number of nitrogens with zero attached hydrogens (tertiary/aromatic N) is 3. The summed E-state index contributed by atoms with van der Waals surface area (Å²) in [5, 5.41) is 0. The fourth-order valence-corrected chi connectivity index (χ4v) is 5.75. The van der Waals surface area contributed by atoms with Gasteiger partial charge >= 0.3 is 203 Å². The summed E-state index contributed by atoms with van der Waals surface area (Å²) in [5.41, 5.74) is 1.05. The summed E-state index contributed by atoms with van der Waals surface area (Å²) < 4.78 is 12.2. The molecule has 1 heterocycles. The van der Waals surface area contributed by atoms with Crippen molar-refractivity contribution in [1.82, 2.24) is 15.0 Å². The summed E-state index contributed by atoms with van der Waals surface area (Å²) in [5.74, 6) is 8.60. The molecule has 0 aliphatic rings. The van der Waals surface area contributed by atoms with Crippen molar-refractivity contribution in [2.45, 2.75) is 26.2 Å². The zero-order chi connectivity index (χ0) is 21.8. The number of ether oxygens (including phenoxy) is 1. The van der Waals surface area contributed by atoms with Crippen LogP contribution in [0.2, 0.25) is 0 Å². The molecule has 0 amide bonds. The van der Waals surface area contributed by atoms with Crippen LogP contribution in [0.1, 0.15) is 49.2 Å². The van der Waals surface area contributed by atoms with Gasteiger partial charge in [0.15, 0.2) is 0 Å². The molecule has 0 saturated carbocycles. The summed E-state index contributed by atoms with van der Waals surface area (Å²) in [6.45, 7) is 2.95. The Bertz CT molecular complexity index is 928. The van der Waals surface area contributed by atoms with E-state index in [1.165, 1.54) is 12.8 Å². The Morgan fingerprint density at radius 3 is 2.00 bits per heavy atom. The van der Waals surface area contributed by atoms with E-state index in [2.05, 4.69) is 116 Å². The average Bonchev–Trinajstić information content (AvgIpc) is 2.73. The number of halogens is 6. The van der Waals surface area contributed by atoms with Crippen LogP contribution in [0.5, 0.6) is 5.75 Å². The first-order valence-electron chi connectivity index (χ1n) is 8.72. The van der Waals surface area contributed by atoms with Crippen LogP contribution in [0.25, 0.3) is 12.2 Å². The summed E-state index contributed by atoms with van der Waals surface area (Å²) in [6.07, 6.45) is 7.34. The summed E-state index contributed by atoms with van der Waals surface area (Å²) in [6, 6.07) is 8.04.